The fraction of sp³-hybridized carbons (Fsp3) is 0.737. The molecule has 0 saturated carbocycles. The summed E-state index contributed by atoms with van der Waals surface area (Å²) < 4.78 is 5.77. The Labute approximate surface area is 141 Å². The molecule has 4 heteroatoms. The van der Waals surface area contributed by atoms with Crippen molar-refractivity contribution in [2.45, 2.75) is 40.0 Å². The van der Waals surface area contributed by atoms with Crippen LogP contribution in [0, 0.1) is 5.41 Å². The van der Waals surface area contributed by atoms with Crippen LogP contribution in [-0.4, -0.2) is 61.2 Å². The summed E-state index contributed by atoms with van der Waals surface area (Å²) in [6.07, 6.45) is 5.29. The first-order valence-corrected chi connectivity index (χ1v) is 8.91. The predicted molar refractivity (Wildman–Crippen MR) is 96.1 cm³/mol. The van der Waals surface area contributed by atoms with Crippen LogP contribution in [0.1, 0.15) is 39.2 Å². The number of likely N-dealkylation sites (N-methyl/N-ethyl adjacent to an activating group) is 1. The maximum absolute atomic E-state index is 5.77. The van der Waals surface area contributed by atoms with Gasteiger partial charge in [-0.2, -0.15) is 0 Å². The van der Waals surface area contributed by atoms with E-state index >= 15 is 0 Å². The van der Waals surface area contributed by atoms with Crippen molar-refractivity contribution in [3.05, 3.63) is 23.9 Å². The van der Waals surface area contributed by atoms with Gasteiger partial charge >= 0.3 is 0 Å². The van der Waals surface area contributed by atoms with Gasteiger partial charge in [-0.25, -0.2) is 4.98 Å². The van der Waals surface area contributed by atoms with Crippen LogP contribution in [-0.2, 0) is 6.42 Å². The molecule has 1 aliphatic heterocycles. The number of piperazine rings is 1. The number of pyridine rings is 1. The monoisotopic (exact) mass is 319 g/mol. The van der Waals surface area contributed by atoms with E-state index in [9.17, 15) is 0 Å². The molecule has 0 spiro atoms. The van der Waals surface area contributed by atoms with E-state index in [1.165, 1.54) is 38.2 Å². The van der Waals surface area contributed by atoms with E-state index < -0.39 is 0 Å². The summed E-state index contributed by atoms with van der Waals surface area (Å²) in [5.74, 6) is 0.753. The summed E-state index contributed by atoms with van der Waals surface area (Å²) in [5.41, 5.74) is 1.67. The molecule has 23 heavy (non-hydrogen) atoms. The van der Waals surface area contributed by atoms with Gasteiger partial charge in [-0.05, 0) is 37.3 Å². The van der Waals surface area contributed by atoms with Crippen LogP contribution in [0.15, 0.2) is 18.3 Å². The number of ether oxygens (including phenoxy) is 1. The molecule has 4 nitrogen and oxygen atoms in total. The van der Waals surface area contributed by atoms with E-state index in [2.05, 4.69) is 48.7 Å². The Morgan fingerprint density at radius 1 is 1.13 bits per heavy atom. The maximum Gasteiger partial charge on any atom is 0.213 e. The molecule has 130 valence electrons. The molecule has 2 heterocycles. The lowest BCUT2D eigenvalue weighted by molar-refractivity contribution is 0.145. The first-order valence-electron chi connectivity index (χ1n) is 8.91. The highest BCUT2D eigenvalue weighted by Gasteiger charge is 2.13. The van der Waals surface area contributed by atoms with E-state index in [0.29, 0.717) is 5.41 Å². The minimum atomic E-state index is 0.373. The van der Waals surface area contributed by atoms with Crippen molar-refractivity contribution >= 4 is 0 Å². The summed E-state index contributed by atoms with van der Waals surface area (Å²) >= 11 is 0. The molecule has 1 saturated heterocycles. The van der Waals surface area contributed by atoms with Gasteiger partial charge in [-0.1, -0.05) is 26.8 Å². The molecule has 0 unspecified atom stereocenters. The molecule has 0 bridgehead atoms. The number of rotatable bonds is 7. The van der Waals surface area contributed by atoms with Gasteiger partial charge < -0.3 is 14.5 Å². The van der Waals surface area contributed by atoms with Crippen molar-refractivity contribution in [3.63, 3.8) is 0 Å². The van der Waals surface area contributed by atoms with Crippen LogP contribution in [0.5, 0.6) is 5.88 Å². The second-order valence-electron chi connectivity index (χ2n) is 7.91. The number of hydrogen-bond acceptors (Lipinski definition) is 4. The van der Waals surface area contributed by atoms with E-state index in [4.69, 9.17) is 4.74 Å². The minimum Gasteiger partial charge on any atom is -0.478 e. The largest absolute Gasteiger partial charge is 0.478 e. The minimum absolute atomic E-state index is 0.373. The summed E-state index contributed by atoms with van der Waals surface area (Å²) in [5, 5.41) is 0. The van der Waals surface area contributed by atoms with Crippen LogP contribution < -0.4 is 4.74 Å². The summed E-state index contributed by atoms with van der Waals surface area (Å²) in [4.78, 5) is 9.34. The van der Waals surface area contributed by atoms with Gasteiger partial charge in [0.1, 0.15) is 0 Å². The van der Waals surface area contributed by atoms with E-state index in [0.717, 1.165) is 31.9 Å². The molecule has 1 aromatic rings. The Morgan fingerprint density at radius 3 is 2.48 bits per heavy atom. The molecule has 0 aliphatic carbocycles. The zero-order valence-electron chi connectivity index (χ0n) is 15.3. The first-order chi connectivity index (χ1) is 10.9. The lowest BCUT2D eigenvalue weighted by Crippen LogP contribution is -2.44. The van der Waals surface area contributed by atoms with Gasteiger partial charge in [0.2, 0.25) is 5.88 Å². The maximum atomic E-state index is 5.77. The highest BCUT2D eigenvalue weighted by atomic mass is 16.5. The fourth-order valence-corrected chi connectivity index (χ4v) is 2.70. The highest BCUT2D eigenvalue weighted by molar-refractivity contribution is 5.18. The lowest BCUT2D eigenvalue weighted by Gasteiger charge is -2.32. The molecular formula is C19H33N3O. The lowest BCUT2D eigenvalue weighted by atomic mass is 9.89. The normalized spacial score (nSPS) is 17.4. The number of aryl methyl sites for hydroxylation is 1. The Hall–Kier alpha value is -1.13. The van der Waals surface area contributed by atoms with Gasteiger partial charge in [-0.3, -0.25) is 0 Å². The van der Waals surface area contributed by atoms with Crippen molar-refractivity contribution in [3.8, 4) is 5.88 Å². The second kappa shape index (κ2) is 8.65. The molecule has 0 amide bonds. The van der Waals surface area contributed by atoms with Crippen LogP contribution in [0.25, 0.3) is 0 Å². The average Bonchev–Trinajstić information content (AvgIpc) is 2.52. The molecule has 0 aromatic carbocycles. The van der Waals surface area contributed by atoms with Gasteiger partial charge in [-0.15, -0.1) is 0 Å². The molecule has 0 radical (unpaired) electrons. The molecular weight excluding hydrogens is 286 g/mol. The molecule has 2 rings (SSSR count). The van der Waals surface area contributed by atoms with Gasteiger partial charge in [0.05, 0.1) is 6.61 Å². The zero-order chi connectivity index (χ0) is 16.7. The summed E-state index contributed by atoms with van der Waals surface area (Å²) in [6, 6.07) is 4.16. The molecule has 0 atom stereocenters. The molecule has 1 aromatic heterocycles. The first kappa shape index (κ1) is 18.2. The third-order valence-electron chi connectivity index (χ3n) is 4.43. The van der Waals surface area contributed by atoms with E-state index in [1.54, 1.807) is 0 Å². The molecule has 1 aliphatic rings. The van der Waals surface area contributed by atoms with E-state index in [1.807, 2.05) is 12.3 Å². The number of hydrogen-bond donors (Lipinski definition) is 0. The van der Waals surface area contributed by atoms with Crippen molar-refractivity contribution < 1.29 is 4.74 Å². The standard InChI is InChI=1S/C19H33N3O/c1-19(2,3)9-8-17-6-7-18(20-16-17)23-15-5-10-22-13-11-21(4)12-14-22/h6-7,16H,5,8-15H2,1-4H3. The van der Waals surface area contributed by atoms with Gasteiger partial charge in [0, 0.05) is 45.0 Å². The Bertz CT molecular complexity index is 445. The average molecular weight is 319 g/mol. The van der Waals surface area contributed by atoms with E-state index in [-0.39, 0.29) is 0 Å². The van der Waals surface area contributed by atoms with Gasteiger partial charge in [0.15, 0.2) is 0 Å². The van der Waals surface area contributed by atoms with Gasteiger partial charge in [0.25, 0.3) is 0 Å². The third kappa shape index (κ3) is 7.32. The fourth-order valence-electron chi connectivity index (χ4n) is 2.70. The Kier molecular flexibility index (Phi) is 6.85. The topological polar surface area (TPSA) is 28.6 Å². The highest BCUT2D eigenvalue weighted by Crippen LogP contribution is 2.21. The Balaban J connectivity index is 1.62. The molecule has 1 fully saturated rings. The third-order valence-corrected chi connectivity index (χ3v) is 4.43. The summed E-state index contributed by atoms with van der Waals surface area (Å²) in [7, 11) is 2.19. The Morgan fingerprint density at radius 2 is 1.87 bits per heavy atom. The van der Waals surface area contributed by atoms with Crippen LogP contribution in [0.4, 0.5) is 0 Å². The number of aromatic nitrogens is 1. The van der Waals surface area contributed by atoms with Crippen LogP contribution >= 0.6 is 0 Å². The molecule has 0 N–H and O–H groups in total. The van der Waals surface area contributed by atoms with Crippen molar-refractivity contribution in [2.24, 2.45) is 5.41 Å². The zero-order valence-corrected chi connectivity index (χ0v) is 15.3. The SMILES string of the molecule is CN1CCN(CCCOc2ccc(CCC(C)(C)C)cn2)CC1. The smallest absolute Gasteiger partial charge is 0.213 e. The van der Waals surface area contributed by atoms with Crippen LogP contribution in [0.2, 0.25) is 0 Å². The van der Waals surface area contributed by atoms with Crippen LogP contribution in [0.3, 0.4) is 0 Å². The quantitative estimate of drug-likeness (QED) is 0.722. The second-order valence-corrected chi connectivity index (χ2v) is 7.91. The predicted octanol–water partition coefficient (Wildman–Crippen LogP) is 3.08. The van der Waals surface area contributed by atoms with Crippen molar-refractivity contribution in [1.29, 1.82) is 0 Å². The van der Waals surface area contributed by atoms with Crippen molar-refractivity contribution in [2.75, 3.05) is 46.4 Å². The summed E-state index contributed by atoms with van der Waals surface area (Å²) in [6.45, 7) is 13.4. The number of nitrogens with zero attached hydrogens (tertiary/aromatic N) is 3. The van der Waals surface area contributed by atoms with Crippen molar-refractivity contribution in [1.82, 2.24) is 14.8 Å².